The van der Waals surface area contributed by atoms with Crippen LogP contribution < -0.4 is 35.4 Å². The van der Waals surface area contributed by atoms with E-state index < -0.39 is 5.97 Å². The van der Waals surface area contributed by atoms with Crippen LogP contribution >= 0.6 is 0 Å². The van der Waals surface area contributed by atoms with Gasteiger partial charge in [-0.25, -0.2) is 0 Å². The first-order valence-corrected chi connectivity index (χ1v) is 10.8. The van der Waals surface area contributed by atoms with E-state index in [4.69, 9.17) is 20.2 Å². The standard InChI is InChI=1S/C12H20O2.C10H16O2.CH4O.H3N2O.Na/c1-3-5-6-7-8-9-10-11-12(13)14-4-2;1-2-3-4-5-6-7-8-9-10(11)12;1-2;1-2-3;/h3-6,9-11H2,1-2H3;2-4,7-9H2,1H3,(H,11,12);2H,1H3;3H,1H2;/q;;;-1;+1. The number of carboxylic acid groups (broad SMARTS) is 1. The molecule has 0 rings (SSSR count). The number of ether oxygens (including phenoxy) is 1. The zero-order valence-corrected chi connectivity index (χ0v) is 22.8. The molecule has 0 atom stereocenters. The number of carbonyl (C=O) groups excluding carboxylic acids is 1. The zero-order valence-electron chi connectivity index (χ0n) is 20.8. The summed E-state index contributed by atoms with van der Waals surface area (Å²) in [5, 5.41) is 22.3. The van der Waals surface area contributed by atoms with Crippen LogP contribution in [0.25, 0.3) is 5.59 Å². The molecule has 5 N–H and O–H groups in total. The van der Waals surface area contributed by atoms with Gasteiger partial charge in [0.1, 0.15) is 0 Å². The van der Waals surface area contributed by atoms with Crippen molar-refractivity contribution in [2.24, 2.45) is 5.84 Å². The number of esters is 1. The summed E-state index contributed by atoms with van der Waals surface area (Å²) in [6.07, 6.45) is 10.4. The van der Waals surface area contributed by atoms with Crippen molar-refractivity contribution in [2.45, 2.75) is 97.8 Å². The molecule has 0 radical (unpaired) electrons. The molecule has 182 valence electrons. The minimum atomic E-state index is -0.731. The van der Waals surface area contributed by atoms with Crippen molar-refractivity contribution in [3.63, 3.8) is 0 Å². The smallest absolute Gasteiger partial charge is 0.488 e. The molecule has 8 nitrogen and oxygen atoms in total. The van der Waals surface area contributed by atoms with Crippen molar-refractivity contribution in [1.29, 1.82) is 0 Å². The van der Waals surface area contributed by atoms with Gasteiger partial charge in [-0.1, -0.05) is 26.7 Å². The average Bonchev–Trinajstić information content (AvgIpc) is 2.75. The van der Waals surface area contributed by atoms with Crippen molar-refractivity contribution in [1.82, 2.24) is 0 Å². The minimum Gasteiger partial charge on any atom is -0.488 e. The first-order chi connectivity index (χ1) is 15.0. The Morgan fingerprint density at radius 1 is 0.812 bits per heavy atom. The summed E-state index contributed by atoms with van der Waals surface area (Å²) in [6, 6.07) is 0. The van der Waals surface area contributed by atoms with Gasteiger partial charge in [-0.2, -0.15) is 0 Å². The Kier molecular flexibility index (Phi) is 56.3. The molecule has 0 aromatic carbocycles. The first kappa shape index (κ1) is 41.2. The van der Waals surface area contributed by atoms with Crippen LogP contribution in [-0.4, -0.2) is 41.1 Å². The second kappa shape index (κ2) is 43.7. The Labute approximate surface area is 217 Å². The van der Waals surface area contributed by atoms with Gasteiger partial charge in [0.2, 0.25) is 0 Å². The quantitative estimate of drug-likeness (QED) is 0.0903. The molecule has 0 aliphatic heterocycles. The van der Waals surface area contributed by atoms with Gasteiger partial charge in [0, 0.05) is 45.6 Å². The molecule has 0 unspecified atom stereocenters. The molecule has 0 amide bonds. The molecule has 0 aliphatic rings. The molecular weight excluding hydrogens is 423 g/mol. The fourth-order valence-electron chi connectivity index (χ4n) is 1.77. The Hall–Kier alpha value is -1.10. The third-order valence-corrected chi connectivity index (χ3v) is 3.24. The number of aliphatic hydroxyl groups excluding tert-OH is 1. The maximum Gasteiger partial charge on any atom is 1.00 e. The number of carboxylic acids is 1. The summed E-state index contributed by atoms with van der Waals surface area (Å²) in [7, 11) is 1.00. The van der Waals surface area contributed by atoms with Crippen molar-refractivity contribution in [2.75, 3.05) is 13.7 Å². The number of aliphatic carboxylic acids is 1. The van der Waals surface area contributed by atoms with E-state index in [0.717, 1.165) is 45.6 Å². The van der Waals surface area contributed by atoms with Crippen LogP contribution in [0.15, 0.2) is 0 Å². The summed E-state index contributed by atoms with van der Waals surface area (Å²) >= 11 is 0. The van der Waals surface area contributed by atoms with Crippen LogP contribution in [0.3, 0.4) is 0 Å². The number of hydrogen-bond donors (Lipinski definition) is 4. The van der Waals surface area contributed by atoms with Gasteiger partial charge in [0.05, 0.1) is 6.61 Å². The normalized spacial score (nSPS) is 7.97. The van der Waals surface area contributed by atoms with E-state index in [-0.39, 0.29) is 41.9 Å². The Balaban J connectivity index is -0.000000124. The third-order valence-electron chi connectivity index (χ3n) is 3.24. The average molecular weight is 467 g/mol. The predicted molar refractivity (Wildman–Crippen MR) is 124 cm³/mol. The van der Waals surface area contributed by atoms with Gasteiger partial charge in [0.25, 0.3) is 0 Å². The number of nitrogens with two attached hydrogens (primary N) is 1. The Bertz CT molecular complexity index is 496. The first-order valence-electron chi connectivity index (χ1n) is 10.8. The summed E-state index contributed by atoms with van der Waals surface area (Å²) in [6.45, 7) is 6.58. The molecule has 0 saturated heterocycles. The number of nitrogens with zero attached hydrogens (tertiary/aromatic N) is 1. The number of carbonyl (C=O) groups is 2. The van der Waals surface area contributed by atoms with Crippen molar-refractivity contribution in [3.05, 3.63) is 5.59 Å². The molecule has 0 bridgehead atoms. The van der Waals surface area contributed by atoms with Gasteiger partial charge in [-0.3, -0.25) is 9.59 Å². The Morgan fingerprint density at radius 3 is 1.47 bits per heavy atom. The molecule has 32 heavy (non-hydrogen) atoms. The monoisotopic (exact) mass is 466 g/mol. The number of hydrogen-bond acceptors (Lipinski definition) is 6. The van der Waals surface area contributed by atoms with Crippen molar-refractivity contribution >= 4 is 11.9 Å². The second-order valence-electron chi connectivity index (χ2n) is 5.94. The SMILES string of the molecule is CCCCC#CCCCC(=O)O.CCCCC#CCCCC(=O)OCC.CO.N[N-]O.[Na+]. The number of rotatable bonds is 11. The van der Waals surface area contributed by atoms with E-state index >= 15 is 0 Å². The molecule has 0 fully saturated rings. The van der Waals surface area contributed by atoms with E-state index in [1.807, 2.05) is 12.5 Å². The van der Waals surface area contributed by atoms with Gasteiger partial charge in [0.15, 0.2) is 0 Å². The maximum absolute atomic E-state index is 10.9. The summed E-state index contributed by atoms with van der Waals surface area (Å²) < 4.78 is 4.80. The molecular formula is C23H43N2NaO6. The van der Waals surface area contributed by atoms with Crippen LogP contribution in [0, 0.1) is 23.7 Å². The third kappa shape index (κ3) is 56.8. The summed E-state index contributed by atoms with van der Waals surface area (Å²) in [4.78, 5) is 21.0. The topological polar surface area (TPSA) is 144 Å². The van der Waals surface area contributed by atoms with Crippen LogP contribution in [0.1, 0.15) is 97.8 Å². The fourth-order valence-corrected chi connectivity index (χ4v) is 1.77. The van der Waals surface area contributed by atoms with E-state index in [1.54, 1.807) is 0 Å². The molecule has 0 saturated carbocycles. The predicted octanol–water partition coefficient (Wildman–Crippen LogP) is 1.58. The number of aliphatic hydroxyl groups is 1. The van der Waals surface area contributed by atoms with Crippen LogP contribution in [0.4, 0.5) is 0 Å². The minimum absolute atomic E-state index is 0. The molecule has 0 heterocycles. The van der Waals surface area contributed by atoms with E-state index in [2.05, 4.69) is 43.4 Å². The van der Waals surface area contributed by atoms with E-state index in [0.29, 0.717) is 19.4 Å². The van der Waals surface area contributed by atoms with Gasteiger partial charge in [-0.05, 0) is 32.6 Å². The molecule has 9 heteroatoms. The van der Waals surface area contributed by atoms with Crippen LogP contribution in [0.5, 0.6) is 0 Å². The van der Waals surface area contributed by atoms with Crippen LogP contribution in [-0.2, 0) is 14.3 Å². The molecule has 0 spiro atoms. The van der Waals surface area contributed by atoms with Gasteiger partial charge >= 0.3 is 41.5 Å². The molecule has 0 aromatic heterocycles. The van der Waals surface area contributed by atoms with Crippen molar-refractivity contribution < 1.29 is 59.3 Å². The summed E-state index contributed by atoms with van der Waals surface area (Å²) in [5.74, 6) is 15.3. The summed E-state index contributed by atoms with van der Waals surface area (Å²) in [5.41, 5.74) is 2.00. The maximum atomic E-state index is 10.9. The fraction of sp³-hybridized carbons (Fsp3) is 0.739. The number of unbranched alkanes of at least 4 members (excludes halogenated alkanes) is 6. The largest absolute Gasteiger partial charge is 1.00 e. The molecule has 0 aliphatic carbocycles. The van der Waals surface area contributed by atoms with E-state index in [1.165, 1.54) is 19.3 Å². The van der Waals surface area contributed by atoms with Crippen molar-refractivity contribution in [3.8, 4) is 23.7 Å². The van der Waals surface area contributed by atoms with Crippen LogP contribution in [0.2, 0.25) is 0 Å². The van der Waals surface area contributed by atoms with Gasteiger partial charge in [-0.15, -0.1) is 23.7 Å². The van der Waals surface area contributed by atoms with E-state index in [9.17, 15) is 9.59 Å². The van der Waals surface area contributed by atoms with Gasteiger partial charge < -0.3 is 31.6 Å². The zero-order chi connectivity index (χ0) is 24.6. The Morgan fingerprint density at radius 2 is 1.16 bits per heavy atom. The molecule has 0 aromatic rings. The second-order valence-corrected chi connectivity index (χ2v) is 5.94.